The lowest BCUT2D eigenvalue weighted by molar-refractivity contribution is -0.121. The fourth-order valence-electron chi connectivity index (χ4n) is 3.64. The van der Waals surface area contributed by atoms with Crippen LogP contribution < -0.4 is 10.6 Å². The average Bonchev–Trinajstić information content (AvgIpc) is 3.18. The Morgan fingerprint density at radius 1 is 0.879 bits per heavy atom. The predicted octanol–water partition coefficient (Wildman–Crippen LogP) is 4.37. The average molecular weight is 461 g/mol. The number of halogens is 1. The molecular weight excluding hydrogens is 436 g/mol. The zero-order valence-corrected chi connectivity index (χ0v) is 18.9. The summed E-state index contributed by atoms with van der Waals surface area (Å²) in [7, 11) is 0. The van der Waals surface area contributed by atoms with Gasteiger partial charge in [-0.2, -0.15) is 0 Å². The first-order valence-electron chi connectivity index (χ1n) is 10.9. The van der Waals surface area contributed by atoms with Crippen molar-refractivity contribution in [2.75, 3.05) is 6.54 Å². The van der Waals surface area contributed by atoms with Gasteiger partial charge in [-0.25, -0.2) is 4.98 Å². The molecular formula is C26H25ClN4O2. The third kappa shape index (κ3) is 5.99. The van der Waals surface area contributed by atoms with E-state index in [1.807, 2.05) is 59.2 Å². The number of nitrogens with zero attached hydrogens (tertiary/aromatic N) is 2. The quantitative estimate of drug-likeness (QED) is 0.364. The van der Waals surface area contributed by atoms with Crippen LogP contribution in [-0.4, -0.2) is 27.9 Å². The van der Waals surface area contributed by atoms with Gasteiger partial charge in [0.05, 0.1) is 11.0 Å². The van der Waals surface area contributed by atoms with Gasteiger partial charge in [-0.05, 0) is 48.4 Å². The molecule has 168 valence electrons. The fraction of sp³-hybridized carbons (Fsp3) is 0.192. The molecule has 0 unspecified atom stereocenters. The summed E-state index contributed by atoms with van der Waals surface area (Å²) in [6, 6.07) is 24.4. The summed E-state index contributed by atoms with van der Waals surface area (Å²) < 4.78 is 1.96. The maximum absolute atomic E-state index is 12.7. The Labute approximate surface area is 197 Å². The number of fused-ring (bicyclic) bond motifs is 1. The van der Waals surface area contributed by atoms with Gasteiger partial charge in [-0.1, -0.05) is 54.1 Å². The molecule has 0 saturated heterocycles. The van der Waals surface area contributed by atoms with E-state index in [2.05, 4.69) is 10.6 Å². The molecule has 0 aliphatic carbocycles. The Bertz CT molecular complexity index is 1240. The number of aromatic nitrogens is 2. The number of imidazole rings is 1. The monoisotopic (exact) mass is 460 g/mol. The number of hydrogen-bond donors (Lipinski definition) is 2. The van der Waals surface area contributed by atoms with Crippen LogP contribution in [0.5, 0.6) is 0 Å². The van der Waals surface area contributed by atoms with Crippen molar-refractivity contribution in [3.8, 4) is 0 Å². The SMILES string of the molecule is O=C(Cn1c(CCCNC(=O)c2ccc(Cl)cc2)nc2ccccc21)NCc1ccccc1. The van der Waals surface area contributed by atoms with E-state index >= 15 is 0 Å². The fourth-order valence-corrected chi connectivity index (χ4v) is 3.77. The molecule has 1 aromatic heterocycles. The summed E-state index contributed by atoms with van der Waals surface area (Å²) in [5.74, 6) is 0.617. The molecule has 4 rings (SSSR count). The van der Waals surface area contributed by atoms with Crippen molar-refractivity contribution >= 4 is 34.4 Å². The van der Waals surface area contributed by atoms with Crippen molar-refractivity contribution in [1.29, 1.82) is 0 Å². The van der Waals surface area contributed by atoms with Crippen LogP contribution >= 0.6 is 11.6 Å². The minimum absolute atomic E-state index is 0.0701. The second-order valence-corrected chi connectivity index (χ2v) is 8.17. The van der Waals surface area contributed by atoms with Gasteiger partial charge < -0.3 is 15.2 Å². The molecule has 6 nitrogen and oxygen atoms in total. The van der Waals surface area contributed by atoms with Crippen molar-refractivity contribution < 1.29 is 9.59 Å². The van der Waals surface area contributed by atoms with E-state index in [0.717, 1.165) is 22.4 Å². The summed E-state index contributed by atoms with van der Waals surface area (Å²) in [6.07, 6.45) is 1.34. The first-order chi connectivity index (χ1) is 16.1. The van der Waals surface area contributed by atoms with Crippen LogP contribution in [-0.2, 0) is 24.3 Å². The van der Waals surface area contributed by atoms with Gasteiger partial charge in [0, 0.05) is 30.1 Å². The van der Waals surface area contributed by atoms with E-state index in [1.165, 1.54) is 0 Å². The number of hydrogen-bond acceptors (Lipinski definition) is 3. The lowest BCUT2D eigenvalue weighted by Crippen LogP contribution is -2.28. The van der Waals surface area contributed by atoms with Crippen molar-refractivity contribution in [1.82, 2.24) is 20.2 Å². The molecule has 0 bridgehead atoms. The highest BCUT2D eigenvalue weighted by Gasteiger charge is 2.14. The Balaban J connectivity index is 1.37. The lowest BCUT2D eigenvalue weighted by Gasteiger charge is -2.11. The van der Waals surface area contributed by atoms with Crippen LogP contribution in [0.4, 0.5) is 0 Å². The molecule has 7 heteroatoms. The Kier molecular flexibility index (Phi) is 7.37. The molecule has 0 atom stereocenters. The second-order valence-electron chi connectivity index (χ2n) is 7.73. The molecule has 0 aliphatic heterocycles. The summed E-state index contributed by atoms with van der Waals surface area (Å²) in [5.41, 5.74) is 3.40. The minimum atomic E-state index is -0.138. The second kappa shape index (κ2) is 10.8. The maximum Gasteiger partial charge on any atom is 0.251 e. The van der Waals surface area contributed by atoms with Crippen LogP contribution in [0.25, 0.3) is 11.0 Å². The zero-order chi connectivity index (χ0) is 23.0. The molecule has 2 amide bonds. The Morgan fingerprint density at radius 2 is 1.61 bits per heavy atom. The number of para-hydroxylation sites is 2. The third-order valence-corrected chi connectivity index (χ3v) is 5.59. The highest BCUT2D eigenvalue weighted by Crippen LogP contribution is 2.17. The van der Waals surface area contributed by atoms with E-state index in [-0.39, 0.29) is 18.4 Å². The van der Waals surface area contributed by atoms with Crippen LogP contribution in [0.3, 0.4) is 0 Å². The van der Waals surface area contributed by atoms with Crippen LogP contribution in [0.2, 0.25) is 5.02 Å². The molecule has 0 fully saturated rings. The van der Waals surface area contributed by atoms with Crippen LogP contribution in [0.15, 0.2) is 78.9 Å². The van der Waals surface area contributed by atoms with Gasteiger partial charge in [0.2, 0.25) is 5.91 Å². The van der Waals surface area contributed by atoms with E-state index < -0.39 is 0 Å². The number of aryl methyl sites for hydroxylation is 1. The van der Waals surface area contributed by atoms with Crippen LogP contribution in [0.1, 0.15) is 28.2 Å². The van der Waals surface area contributed by atoms with E-state index in [9.17, 15) is 9.59 Å². The van der Waals surface area contributed by atoms with E-state index in [4.69, 9.17) is 16.6 Å². The summed E-state index contributed by atoms with van der Waals surface area (Å²) in [5, 5.41) is 6.50. The van der Waals surface area contributed by atoms with E-state index in [1.54, 1.807) is 24.3 Å². The number of nitrogens with one attached hydrogen (secondary N) is 2. The summed E-state index contributed by atoms with van der Waals surface area (Å²) in [6.45, 7) is 1.18. The predicted molar refractivity (Wildman–Crippen MR) is 130 cm³/mol. The normalized spacial score (nSPS) is 10.8. The van der Waals surface area contributed by atoms with Gasteiger partial charge in [-0.15, -0.1) is 0 Å². The first-order valence-corrected chi connectivity index (χ1v) is 11.3. The molecule has 0 aliphatic rings. The molecule has 1 heterocycles. The standard InChI is InChI=1S/C26H25ClN4O2/c27-21-14-12-20(13-15-21)26(33)28-16-6-11-24-30-22-9-4-5-10-23(22)31(24)18-25(32)29-17-19-7-2-1-3-8-19/h1-5,7-10,12-15H,6,11,16-18H2,(H,28,33)(H,29,32). The number of benzene rings is 3. The maximum atomic E-state index is 12.7. The number of amides is 2. The molecule has 0 radical (unpaired) electrons. The van der Waals surface area contributed by atoms with Crippen LogP contribution in [0, 0.1) is 0 Å². The third-order valence-electron chi connectivity index (χ3n) is 5.34. The molecule has 3 aromatic carbocycles. The molecule has 0 saturated carbocycles. The van der Waals surface area contributed by atoms with Crippen molar-refractivity contribution in [3.05, 3.63) is 101 Å². The van der Waals surface area contributed by atoms with Gasteiger partial charge in [0.25, 0.3) is 5.91 Å². The van der Waals surface area contributed by atoms with E-state index in [0.29, 0.717) is 36.5 Å². The molecule has 33 heavy (non-hydrogen) atoms. The Hall–Kier alpha value is -3.64. The summed E-state index contributed by atoms with van der Waals surface area (Å²) >= 11 is 5.88. The molecule has 2 N–H and O–H groups in total. The van der Waals surface area contributed by atoms with Crippen molar-refractivity contribution in [2.45, 2.75) is 25.9 Å². The number of carbonyl (C=O) groups is 2. The summed E-state index contributed by atoms with van der Waals surface area (Å²) in [4.78, 5) is 29.7. The minimum Gasteiger partial charge on any atom is -0.352 e. The highest BCUT2D eigenvalue weighted by atomic mass is 35.5. The van der Waals surface area contributed by atoms with Gasteiger partial charge in [0.1, 0.15) is 12.4 Å². The first kappa shape index (κ1) is 22.6. The smallest absolute Gasteiger partial charge is 0.251 e. The largest absolute Gasteiger partial charge is 0.352 e. The van der Waals surface area contributed by atoms with Crippen molar-refractivity contribution in [3.63, 3.8) is 0 Å². The van der Waals surface area contributed by atoms with Gasteiger partial charge in [0.15, 0.2) is 0 Å². The molecule has 4 aromatic rings. The lowest BCUT2D eigenvalue weighted by atomic mass is 10.2. The topological polar surface area (TPSA) is 76.0 Å². The number of carbonyl (C=O) groups excluding carboxylic acids is 2. The Morgan fingerprint density at radius 3 is 2.39 bits per heavy atom. The zero-order valence-electron chi connectivity index (χ0n) is 18.1. The highest BCUT2D eigenvalue weighted by molar-refractivity contribution is 6.30. The molecule has 0 spiro atoms. The van der Waals surface area contributed by atoms with Gasteiger partial charge >= 0.3 is 0 Å². The number of rotatable bonds is 9. The van der Waals surface area contributed by atoms with Crippen molar-refractivity contribution in [2.24, 2.45) is 0 Å². The van der Waals surface area contributed by atoms with Gasteiger partial charge in [-0.3, -0.25) is 9.59 Å².